The molecule has 90 valence electrons. The van der Waals surface area contributed by atoms with Gasteiger partial charge in [0.2, 0.25) is 0 Å². The Kier molecular flexibility index (Phi) is 2.81. The SMILES string of the molecule is O=C(NC1CC1)c1ccnc(-c2ccccc2)c1. The fourth-order valence-electron chi connectivity index (χ4n) is 1.83. The number of aromatic nitrogens is 1. The first-order valence-electron chi connectivity index (χ1n) is 6.15. The summed E-state index contributed by atoms with van der Waals surface area (Å²) in [5.41, 5.74) is 2.54. The van der Waals surface area contributed by atoms with Crippen LogP contribution in [0.3, 0.4) is 0 Å². The van der Waals surface area contributed by atoms with Gasteiger partial charge < -0.3 is 5.32 Å². The third-order valence-electron chi connectivity index (χ3n) is 3.00. The Morgan fingerprint density at radius 2 is 1.94 bits per heavy atom. The highest BCUT2D eigenvalue weighted by Crippen LogP contribution is 2.21. The molecule has 3 heteroatoms. The first-order valence-corrected chi connectivity index (χ1v) is 6.15. The Bertz CT molecular complexity index is 562. The molecule has 0 bridgehead atoms. The van der Waals surface area contributed by atoms with Gasteiger partial charge in [-0.1, -0.05) is 30.3 Å². The van der Waals surface area contributed by atoms with Gasteiger partial charge in [0.25, 0.3) is 5.91 Å². The number of pyridine rings is 1. The lowest BCUT2D eigenvalue weighted by Gasteiger charge is -2.05. The number of nitrogens with one attached hydrogen (secondary N) is 1. The molecule has 0 spiro atoms. The molecule has 1 saturated carbocycles. The van der Waals surface area contributed by atoms with Crippen molar-refractivity contribution in [3.8, 4) is 11.3 Å². The number of amides is 1. The molecule has 3 nitrogen and oxygen atoms in total. The number of rotatable bonds is 3. The highest BCUT2D eigenvalue weighted by molar-refractivity contribution is 5.95. The summed E-state index contributed by atoms with van der Waals surface area (Å²) in [7, 11) is 0. The van der Waals surface area contributed by atoms with Crippen LogP contribution in [0.2, 0.25) is 0 Å². The van der Waals surface area contributed by atoms with Gasteiger partial charge in [-0.05, 0) is 25.0 Å². The van der Waals surface area contributed by atoms with E-state index in [2.05, 4.69) is 10.3 Å². The molecule has 1 aromatic carbocycles. The molecule has 1 amide bonds. The number of carbonyl (C=O) groups is 1. The smallest absolute Gasteiger partial charge is 0.251 e. The highest BCUT2D eigenvalue weighted by atomic mass is 16.1. The Morgan fingerprint density at radius 1 is 1.17 bits per heavy atom. The van der Waals surface area contributed by atoms with Gasteiger partial charge in [-0.15, -0.1) is 0 Å². The van der Waals surface area contributed by atoms with Crippen molar-refractivity contribution in [3.63, 3.8) is 0 Å². The van der Waals surface area contributed by atoms with Crippen molar-refractivity contribution >= 4 is 5.91 Å². The molecule has 0 unspecified atom stereocenters. The van der Waals surface area contributed by atoms with Crippen molar-refractivity contribution in [3.05, 3.63) is 54.2 Å². The fraction of sp³-hybridized carbons (Fsp3) is 0.200. The number of nitrogens with zero attached hydrogens (tertiary/aromatic N) is 1. The van der Waals surface area contributed by atoms with E-state index >= 15 is 0 Å². The van der Waals surface area contributed by atoms with Crippen LogP contribution in [-0.4, -0.2) is 16.9 Å². The largest absolute Gasteiger partial charge is 0.349 e. The number of carbonyl (C=O) groups excluding carboxylic acids is 1. The van der Waals surface area contributed by atoms with E-state index in [0.29, 0.717) is 11.6 Å². The van der Waals surface area contributed by atoms with Crippen molar-refractivity contribution in [1.29, 1.82) is 0 Å². The normalized spacial score (nSPS) is 14.2. The van der Waals surface area contributed by atoms with Crippen LogP contribution < -0.4 is 5.32 Å². The van der Waals surface area contributed by atoms with Crippen LogP contribution in [0, 0.1) is 0 Å². The molecule has 1 aliphatic carbocycles. The van der Waals surface area contributed by atoms with Gasteiger partial charge >= 0.3 is 0 Å². The monoisotopic (exact) mass is 238 g/mol. The van der Waals surface area contributed by atoms with Gasteiger partial charge in [-0.25, -0.2) is 0 Å². The average Bonchev–Trinajstić information content (AvgIpc) is 3.24. The van der Waals surface area contributed by atoms with Gasteiger partial charge in [0.05, 0.1) is 5.69 Å². The molecule has 1 N–H and O–H groups in total. The summed E-state index contributed by atoms with van der Waals surface area (Å²) in [5.74, 6) is -0.00270. The number of hydrogen-bond donors (Lipinski definition) is 1. The van der Waals surface area contributed by atoms with Crippen molar-refractivity contribution in [2.24, 2.45) is 0 Å². The molecular formula is C15H14N2O. The van der Waals surface area contributed by atoms with E-state index in [9.17, 15) is 4.79 Å². The van der Waals surface area contributed by atoms with Crippen LogP contribution in [-0.2, 0) is 0 Å². The Morgan fingerprint density at radius 3 is 2.67 bits per heavy atom. The van der Waals surface area contributed by atoms with Crippen molar-refractivity contribution in [2.45, 2.75) is 18.9 Å². The minimum absolute atomic E-state index is 0.00270. The molecule has 1 heterocycles. The molecule has 0 radical (unpaired) electrons. The van der Waals surface area contributed by atoms with E-state index in [-0.39, 0.29) is 5.91 Å². The van der Waals surface area contributed by atoms with Gasteiger partial charge in [0.1, 0.15) is 0 Å². The maximum absolute atomic E-state index is 11.9. The fourth-order valence-corrected chi connectivity index (χ4v) is 1.83. The third-order valence-corrected chi connectivity index (χ3v) is 3.00. The highest BCUT2D eigenvalue weighted by Gasteiger charge is 2.23. The molecule has 1 fully saturated rings. The molecule has 1 aromatic heterocycles. The summed E-state index contributed by atoms with van der Waals surface area (Å²) in [5, 5.41) is 2.98. The standard InChI is InChI=1S/C15H14N2O/c18-15(17-13-6-7-13)12-8-9-16-14(10-12)11-4-2-1-3-5-11/h1-5,8-10,13H,6-7H2,(H,17,18). The molecular weight excluding hydrogens is 224 g/mol. The lowest BCUT2D eigenvalue weighted by molar-refractivity contribution is 0.0951. The molecule has 0 saturated heterocycles. The Balaban J connectivity index is 1.86. The second kappa shape index (κ2) is 4.61. The summed E-state index contributed by atoms with van der Waals surface area (Å²) >= 11 is 0. The van der Waals surface area contributed by atoms with Crippen LogP contribution in [0.15, 0.2) is 48.7 Å². The van der Waals surface area contributed by atoms with Gasteiger partial charge in [-0.2, -0.15) is 0 Å². The van der Waals surface area contributed by atoms with E-state index in [1.807, 2.05) is 36.4 Å². The van der Waals surface area contributed by atoms with Crippen LogP contribution in [0.1, 0.15) is 23.2 Å². The summed E-state index contributed by atoms with van der Waals surface area (Å²) in [6, 6.07) is 13.9. The maximum Gasteiger partial charge on any atom is 0.251 e. The minimum Gasteiger partial charge on any atom is -0.349 e. The quantitative estimate of drug-likeness (QED) is 0.893. The zero-order valence-electron chi connectivity index (χ0n) is 9.97. The lowest BCUT2D eigenvalue weighted by Crippen LogP contribution is -2.25. The third kappa shape index (κ3) is 2.40. The van der Waals surface area contributed by atoms with Crippen LogP contribution >= 0.6 is 0 Å². The van der Waals surface area contributed by atoms with Crippen molar-refractivity contribution < 1.29 is 4.79 Å². The molecule has 0 atom stereocenters. The zero-order chi connectivity index (χ0) is 12.4. The summed E-state index contributed by atoms with van der Waals surface area (Å²) in [6.45, 7) is 0. The summed E-state index contributed by atoms with van der Waals surface area (Å²) in [4.78, 5) is 16.2. The summed E-state index contributed by atoms with van der Waals surface area (Å²) < 4.78 is 0. The molecule has 2 aromatic rings. The Labute approximate surface area is 106 Å². The zero-order valence-corrected chi connectivity index (χ0v) is 9.97. The number of benzene rings is 1. The molecule has 1 aliphatic rings. The second-order valence-corrected chi connectivity index (χ2v) is 4.54. The van der Waals surface area contributed by atoms with Crippen LogP contribution in [0.5, 0.6) is 0 Å². The van der Waals surface area contributed by atoms with E-state index in [1.165, 1.54) is 0 Å². The van der Waals surface area contributed by atoms with Gasteiger partial charge in [0.15, 0.2) is 0 Å². The first kappa shape index (κ1) is 11.0. The van der Waals surface area contributed by atoms with Gasteiger partial charge in [-0.3, -0.25) is 9.78 Å². The average molecular weight is 238 g/mol. The van der Waals surface area contributed by atoms with E-state index in [0.717, 1.165) is 24.1 Å². The second-order valence-electron chi connectivity index (χ2n) is 4.54. The Hall–Kier alpha value is -2.16. The molecule has 0 aliphatic heterocycles. The van der Waals surface area contributed by atoms with E-state index in [1.54, 1.807) is 12.3 Å². The lowest BCUT2D eigenvalue weighted by atomic mass is 10.1. The minimum atomic E-state index is -0.00270. The van der Waals surface area contributed by atoms with Crippen molar-refractivity contribution in [1.82, 2.24) is 10.3 Å². The van der Waals surface area contributed by atoms with Crippen LogP contribution in [0.25, 0.3) is 11.3 Å². The predicted octanol–water partition coefficient (Wildman–Crippen LogP) is 2.64. The first-order chi connectivity index (χ1) is 8.83. The topological polar surface area (TPSA) is 42.0 Å². The van der Waals surface area contributed by atoms with Crippen LogP contribution in [0.4, 0.5) is 0 Å². The molecule has 18 heavy (non-hydrogen) atoms. The van der Waals surface area contributed by atoms with Gasteiger partial charge in [0, 0.05) is 23.4 Å². The predicted molar refractivity (Wildman–Crippen MR) is 70.2 cm³/mol. The number of hydrogen-bond acceptors (Lipinski definition) is 2. The maximum atomic E-state index is 11.9. The van der Waals surface area contributed by atoms with E-state index in [4.69, 9.17) is 0 Å². The summed E-state index contributed by atoms with van der Waals surface area (Å²) in [6.07, 6.45) is 3.88. The van der Waals surface area contributed by atoms with Crippen molar-refractivity contribution in [2.75, 3.05) is 0 Å². The molecule has 3 rings (SSSR count). The van der Waals surface area contributed by atoms with E-state index < -0.39 is 0 Å².